The van der Waals surface area contributed by atoms with E-state index >= 15 is 0 Å². The van der Waals surface area contributed by atoms with Crippen LogP contribution in [0.2, 0.25) is 4.34 Å². The molecule has 1 aromatic heterocycles. The van der Waals surface area contributed by atoms with Crippen molar-refractivity contribution in [3.05, 3.63) is 20.8 Å². The van der Waals surface area contributed by atoms with E-state index in [9.17, 15) is 0 Å². The van der Waals surface area contributed by atoms with E-state index in [1.165, 1.54) is 17.7 Å². The number of nitrogens with two attached hydrogens (primary N) is 1. The topological polar surface area (TPSA) is 26.0 Å². The standard InChI is InChI=1S/C10H14ClNS/c1-6-4-9(13-10(6)11)8(12)5-7-2-3-7/h4,7-8H,2-3,5,12H2,1H3. The van der Waals surface area contributed by atoms with Crippen molar-refractivity contribution in [2.45, 2.75) is 32.2 Å². The lowest BCUT2D eigenvalue weighted by Crippen LogP contribution is -2.08. The highest BCUT2D eigenvalue weighted by Crippen LogP contribution is 2.39. The van der Waals surface area contributed by atoms with Gasteiger partial charge in [0, 0.05) is 10.9 Å². The van der Waals surface area contributed by atoms with Crippen LogP contribution in [-0.2, 0) is 0 Å². The summed E-state index contributed by atoms with van der Waals surface area (Å²) in [6.45, 7) is 2.03. The van der Waals surface area contributed by atoms with E-state index in [1.54, 1.807) is 11.3 Å². The third kappa shape index (κ3) is 2.25. The van der Waals surface area contributed by atoms with Gasteiger partial charge in [-0.15, -0.1) is 11.3 Å². The second kappa shape index (κ2) is 3.60. The first-order valence-corrected chi connectivity index (χ1v) is 5.87. The van der Waals surface area contributed by atoms with Crippen LogP contribution in [0.5, 0.6) is 0 Å². The number of hydrogen-bond donors (Lipinski definition) is 1. The largest absolute Gasteiger partial charge is 0.323 e. The summed E-state index contributed by atoms with van der Waals surface area (Å²) < 4.78 is 0.890. The second-order valence-electron chi connectivity index (χ2n) is 3.89. The molecule has 1 saturated carbocycles. The number of hydrogen-bond acceptors (Lipinski definition) is 2. The first kappa shape index (κ1) is 9.50. The van der Waals surface area contributed by atoms with Crippen LogP contribution in [0.4, 0.5) is 0 Å². The fourth-order valence-corrected chi connectivity index (χ4v) is 2.73. The molecule has 1 nitrogen and oxygen atoms in total. The van der Waals surface area contributed by atoms with Gasteiger partial charge in [-0.25, -0.2) is 0 Å². The summed E-state index contributed by atoms with van der Waals surface area (Å²) in [5, 5.41) is 0. The lowest BCUT2D eigenvalue weighted by Gasteiger charge is -2.07. The van der Waals surface area contributed by atoms with Crippen LogP contribution in [0.1, 0.15) is 35.7 Å². The molecule has 1 atom stereocenters. The van der Waals surface area contributed by atoms with Gasteiger partial charge in [0.15, 0.2) is 0 Å². The molecule has 0 bridgehead atoms. The van der Waals surface area contributed by atoms with Crippen molar-refractivity contribution in [3.8, 4) is 0 Å². The third-order valence-corrected chi connectivity index (χ3v) is 4.21. The maximum Gasteiger partial charge on any atom is 0.0960 e. The Hall–Kier alpha value is -0.0500. The Morgan fingerprint density at radius 2 is 2.38 bits per heavy atom. The molecule has 1 aromatic rings. The quantitative estimate of drug-likeness (QED) is 0.821. The molecule has 0 radical (unpaired) electrons. The van der Waals surface area contributed by atoms with Gasteiger partial charge >= 0.3 is 0 Å². The van der Waals surface area contributed by atoms with E-state index in [2.05, 4.69) is 6.07 Å². The molecular weight excluding hydrogens is 202 g/mol. The summed E-state index contributed by atoms with van der Waals surface area (Å²) in [5.41, 5.74) is 7.23. The van der Waals surface area contributed by atoms with Crippen molar-refractivity contribution in [3.63, 3.8) is 0 Å². The Balaban J connectivity index is 2.05. The SMILES string of the molecule is Cc1cc(C(N)CC2CC2)sc1Cl. The van der Waals surface area contributed by atoms with Gasteiger partial charge < -0.3 is 5.73 Å². The highest BCUT2D eigenvalue weighted by atomic mass is 35.5. The van der Waals surface area contributed by atoms with Gasteiger partial charge in [-0.1, -0.05) is 24.4 Å². The van der Waals surface area contributed by atoms with Crippen LogP contribution in [0, 0.1) is 12.8 Å². The second-order valence-corrected chi connectivity index (χ2v) is 5.58. The van der Waals surface area contributed by atoms with Crippen molar-refractivity contribution in [1.82, 2.24) is 0 Å². The van der Waals surface area contributed by atoms with Crippen molar-refractivity contribution in [2.75, 3.05) is 0 Å². The van der Waals surface area contributed by atoms with Crippen LogP contribution >= 0.6 is 22.9 Å². The highest BCUT2D eigenvalue weighted by molar-refractivity contribution is 7.16. The first-order chi connectivity index (χ1) is 6.16. The molecule has 0 aliphatic heterocycles. The smallest absolute Gasteiger partial charge is 0.0960 e. The summed E-state index contributed by atoms with van der Waals surface area (Å²) in [6.07, 6.45) is 3.87. The fourth-order valence-electron chi connectivity index (χ4n) is 1.50. The molecule has 72 valence electrons. The summed E-state index contributed by atoms with van der Waals surface area (Å²) in [5.74, 6) is 0.885. The normalized spacial score (nSPS) is 19.0. The summed E-state index contributed by atoms with van der Waals surface area (Å²) in [4.78, 5) is 1.24. The van der Waals surface area contributed by atoms with Gasteiger partial charge in [0.2, 0.25) is 0 Å². The Kier molecular flexibility index (Phi) is 2.63. The van der Waals surface area contributed by atoms with Gasteiger partial charge in [0.05, 0.1) is 4.34 Å². The van der Waals surface area contributed by atoms with Gasteiger partial charge in [0.25, 0.3) is 0 Å². The van der Waals surface area contributed by atoms with Gasteiger partial charge in [-0.3, -0.25) is 0 Å². The molecule has 2 rings (SSSR count). The molecule has 1 aliphatic carbocycles. The molecular formula is C10H14ClNS. The Bertz CT molecular complexity index is 284. The Morgan fingerprint density at radius 1 is 1.69 bits per heavy atom. The zero-order valence-electron chi connectivity index (χ0n) is 7.72. The summed E-state index contributed by atoms with van der Waals surface area (Å²) in [6, 6.07) is 2.34. The average Bonchev–Trinajstić information content (AvgIpc) is 2.81. The molecule has 1 fully saturated rings. The van der Waals surface area contributed by atoms with Gasteiger partial charge in [-0.05, 0) is 30.9 Å². The molecule has 3 heteroatoms. The summed E-state index contributed by atoms with van der Waals surface area (Å²) >= 11 is 7.62. The van der Waals surface area contributed by atoms with Gasteiger partial charge in [-0.2, -0.15) is 0 Å². The third-order valence-electron chi connectivity index (χ3n) is 2.53. The summed E-state index contributed by atoms with van der Waals surface area (Å²) in [7, 11) is 0. The fraction of sp³-hybridized carbons (Fsp3) is 0.600. The molecule has 0 amide bonds. The van der Waals surface area contributed by atoms with Crippen LogP contribution in [0.15, 0.2) is 6.07 Å². The highest BCUT2D eigenvalue weighted by Gasteiger charge is 2.25. The van der Waals surface area contributed by atoms with E-state index in [-0.39, 0.29) is 6.04 Å². The molecule has 1 heterocycles. The van der Waals surface area contributed by atoms with E-state index in [1.807, 2.05) is 6.92 Å². The zero-order chi connectivity index (χ0) is 9.42. The van der Waals surface area contributed by atoms with Crippen LogP contribution in [-0.4, -0.2) is 0 Å². The van der Waals surface area contributed by atoms with E-state index < -0.39 is 0 Å². The molecule has 2 N–H and O–H groups in total. The van der Waals surface area contributed by atoms with E-state index in [4.69, 9.17) is 17.3 Å². The maximum atomic E-state index is 6.07. The average molecular weight is 216 g/mol. The molecule has 0 aromatic carbocycles. The number of rotatable bonds is 3. The van der Waals surface area contributed by atoms with Crippen molar-refractivity contribution in [2.24, 2.45) is 11.7 Å². The lowest BCUT2D eigenvalue weighted by molar-refractivity contribution is 0.605. The van der Waals surface area contributed by atoms with E-state index in [0.717, 1.165) is 22.2 Å². The minimum Gasteiger partial charge on any atom is -0.323 e. The Labute approximate surface area is 87.9 Å². The zero-order valence-corrected chi connectivity index (χ0v) is 9.29. The number of aryl methyl sites for hydroxylation is 1. The predicted octanol–water partition coefficient (Wildman–Crippen LogP) is 3.51. The van der Waals surface area contributed by atoms with Crippen LogP contribution in [0.3, 0.4) is 0 Å². The minimum atomic E-state index is 0.212. The molecule has 1 unspecified atom stereocenters. The maximum absolute atomic E-state index is 6.07. The van der Waals surface area contributed by atoms with E-state index in [0.29, 0.717) is 0 Å². The lowest BCUT2D eigenvalue weighted by atomic mass is 10.1. The van der Waals surface area contributed by atoms with Crippen molar-refractivity contribution in [1.29, 1.82) is 0 Å². The molecule has 13 heavy (non-hydrogen) atoms. The van der Waals surface area contributed by atoms with Crippen molar-refractivity contribution < 1.29 is 0 Å². The van der Waals surface area contributed by atoms with Gasteiger partial charge in [0.1, 0.15) is 0 Å². The molecule has 1 aliphatic rings. The van der Waals surface area contributed by atoms with Crippen LogP contribution in [0.25, 0.3) is 0 Å². The molecule has 0 spiro atoms. The number of halogens is 1. The minimum absolute atomic E-state index is 0.212. The number of thiophene rings is 1. The monoisotopic (exact) mass is 215 g/mol. The van der Waals surface area contributed by atoms with Crippen LogP contribution < -0.4 is 5.73 Å². The Morgan fingerprint density at radius 3 is 2.85 bits per heavy atom. The predicted molar refractivity (Wildman–Crippen MR) is 58.3 cm³/mol. The molecule has 0 saturated heterocycles. The van der Waals surface area contributed by atoms with Crippen molar-refractivity contribution >= 4 is 22.9 Å². The first-order valence-electron chi connectivity index (χ1n) is 4.68.